The summed E-state index contributed by atoms with van der Waals surface area (Å²) in [6.07, 6.45) is 2.21. The first-order chi connectivity index (χ1) is 10.1. The minimum atomic E-state index is -0.0886. The molecule has 0 saturated carbocycles. The van der Waals surface area contributed by atoms with Gasteiger partial charge in [-0.2, -0.15) is 0 Å². The minimum Gasteiger partial charge on any atom is -0.508 e. The van der Waals surface area contributed by atoms with Crippen molar-refractivity contribution in [2.24, 2.45) is 4.99 Å². The van der Waals surface area contributed by atoms with Crippen LogP contribution in [0.5, 0.6) is 5.75 Å². The second-order valence-corrected chi connectivity index (χ2v) is 5.62. The van der Waals surface area contributed by atoms with E-state index in [1.807, 2.05) is 19.1 Å². The Kier molecular flexibility index (Phi) is 5.44. The van der Waals surface area contributed by atoms with Gasteiger partial charge in [-0.05, 0) is 44.4 Å². The highest BCUT2D eigenvalue weighted by molar-refractivity contribution is 5.79. The van der Waals surface area contributed by atoms with E-state index in [1.54, 1.807) is 12.1 Å². The molecule has 1 saturated heterocycles. The molecule has 1 aliphatic heterocycles. The molecule has 1 atom stereocenters. The largest absolute Gasteiger partial charge is 0.508 e. The predicted molar refractivity (Wildman–Crippen MR) is 84.5 cm³/mol. The fourth-order valence-electron chi connectivity index (χ4n) is 2.36. The van der Waals surface area contributed by atoms with Crippen LogP contribution >= 0.6 is 0 Å². The van der Waals surface area contributed by atoms with Crippen LogP contribution in [-0.4, -0.2) is 36.4 Å². The first-order valence-electron chi connectivity index (χ1n) is 7.55. The maximum atomic E-state index is 9.28. The van der Waals surface area contributed by atoms with Crippen molar-refractivity contribution >= 4 is 5.96 Å². The molecule has 0 spiro atoms. The minimum absolute atomic E-state index is 0.0886. The van der Waals surface area contributed by atoms with Crippen molar-refractivity contribution in [3.63, 3.8) is 0 Å². The average Bonchev–Trinajstić information content (AvgIpc) is 2.91. The van der Waals surface area contributed by atoms with Gasteiger partial charge in [0.2, 0.25) is 0 Å². The molecule has 1 aromatic rings. The SMILES string of the molecule is CCNC(=NCc1ccc(O)cc1)NCC1(C)CCCO1. The van der Waals surface area contributed by atoms with Crippen LogP contribution in [-0.2, 0) is 11.3 Å². The molecule has 5 nitrogen and oxygen atoms in total. The lowest BCUT2D eigenvalue weighted by Crippen LogP contribution is -2.45. The third kappa shape index (κ3) is 4.93. The monoisotopic (exact) mass is 291 g/mol. The molecule has 5 heteroatoms. The smallest absolute Gasteiger partial charge is 0.191 e. The van der Waals surface area contributed by atoms with Crippen molar-refractivity contribution in [2.45, 2.75) is 38.8 Å². The Morgan fingerprint density at radius 1 is 1.33 bits per heavy atom. The van der Waals surface area contributed by atoms with E-state index in [-0.39, 0.29) is 11.4 Å². The molecule has 1 heterocycles. The second kappa shape index (κ2) is 7.31. The number of ether oxygens (including phenoxy) is 1. The predicted octanol–water partition coefficient (Wildman–Crippen LogP) is 2.02. The summed E-state index contributed by atoms with van der Waals surface area (Å²) < 4.78 is 5.77. The van der Waals surface area contributed by atoms with Crippen LogP contribution in [0.1, 0.15) is 32.3 Å². The van der Waals surface area contributed by atoms with Crippen molar-refractivity contribution < 1.29 is 9.84 Å². The number of hydrogen-bond acceptors (Lipinski definition) is 3. The van der Waals surface area contributed by atoms with E-state index in [2.05, 4.69) is 22.5 Å². The van der Waals surface area contributed by atoms with Gasteiger partial charge in [-0.1, -0.05) is 12.1 Å². The van der Waals surface area contributed by atoms with Gasteiger partial charge in [0.15, 0.2) is 5.96 Å². The lowest BCUT2D eigenvalue weighted by Gasteiger charge is -2.24. The maximum absolute atomic E-state index is 9.28. The quantitative estimate of drug-likeness (QED) is 0.573. The van der Waals surface area contributed by atoms with Crippen molar-refractivity contribution in [3.05, 3.63) is 29.8 Å². The summed E-state index contributed by atoms with van der Waals surface area (Å²) in [4.78, 5) is 4.56. The summed E-state index contributed by atoms with van der Waals surface area (Å²) >= 11 is 0. The van der Waals surface area contributed by atoms with Gasteiger partial charge < -0.3 is 20.5 Å². The van der Waals surface area contributed by atoms with Crippen LogP contribution in [0.25, 0.3) is 0 Å². The van der Waals surface area contributed by atoms with Gasteiger partial charge in [0.25, 0.3) is 0 Å². The third-order valence-corrected chi connectivity index (χ3v) is 3.63. The van der Waals surface area contributed by atoms with Crippen molar-refractivity contribution in [3.8, 4) is 5.75 Å². The Morgan fingerprint density at radius 2 is 2.10 bits per heavy atom. The van der Waals surface area contributed by atoms with Gasteiger partial charge >= 0.3 is 0 Å². The maximum Gasteiger partial charge on any atom is 0.191 e. The van der Waals surface area contributed by atoms with E-state index in [1.165, 1.54) is 0 Å². The summed E-state index contributed by atoms with van der Waals surface area (Å²) in [6, 6.07) is 7.12. The van der Waals surface area contributed by atoms with Gasteiger partial charge in [0, 0.05) is 19.7 Å². The topological polar surface area (TPSA) is 65.9 Å². The summed E-state index contributed by atoms with van der Waals surface area (Å²) in [7, 11) is 0. The number of phenolic OH excluding ortho intramolecular Hbond substituents is 1. The van der Waals surface area contributed by atoms with Gasteiger partial charge in [-0.15, -0.1) is 0 Å². The molecule has 116 valence electrons. The molecule has 0 aromatic heterocycles. The van der Waals surface area contributed by atoms with E-state index in [9.17, 15) is 5.11 Å². The highest BCUT2D eigenvalue weighted by atomic mass is 16.5. The number of benzene rings is 1. The molecular formula is C16H25N3O2. The van der Waals surface area contributed by atoms with Crippen molar-refractivity contribution in [2.75, 3.05) is 19.7 Å². The Balaban J connectivity index is 1.90. The van der Waals surface area contributed by atoms with Crippen LogP contribution in [0, 0.1) is 0 Å². The molecule has 2 rings (SSSR count). The standard InChI is InChI=1S/C16H25N3O2/c1-3-17-15(19-12-16(2)9-4-10-21-16)18-11-13-5-7-14(20)8-6-13/h5-8,20H,3-4,9-12H2,1-2H3,(H2,17,18,19). The first-order valence-corrected chi connectivity index (χ1v) is 7.55. The second-order valence-electron chi connectivity index (χ2n) is 5.62. The number of aromatic hydroxyl groups is 1. The summed E-state index contributed by atoms with van der Waals surface area (Å²) in [6.45, 7) is 7.18. The van der Waals surface area contributed by atoms with E-state index in [0.717, 1.165) is 44.1 Å². The molecule has 0 aliphatic carbocycles. The third-order valence-electron chi connectivity index (χ3n) is 3.63. The normalized spacial score (nSPS) is 22.3. The van der Waals surface area contributed by atoms with E-state index in [0.29, 0.717) is 6.54 Å². The Morgan fingerprint density at radius 3 is 2.71 bits per heavy atom. The van der Waals surface area contributed by atoms with Crippen molar-refractivity contribution in [1.29, 1.82) is 0 Å². The van der Waals surface area contributed by atoms with Gasteiger partial charge in [0.1, 0.15) is 5.75 Å². The zero-order valence-electron chi connectivity index (χ0n) is 12.9. The Labute approximate surface area is 126 Å². The van der Waals surface area contributed by atoms with Gasteiger partial charge in [0.05, 0.1) is 12.1 Å². The Hall–Kier alpha value is -1.75. The molecule has 21 heavy (non-hydrogen) atoms. The van der Waals surface area contributed by atoms with E-state index in [4.69, 9.17) is 4.74 Å². The van der Waals surface area contributed by atoms with Crippen LogP contribution in [0.3, 0.4) is 0 Å². The fraction of sp³-hybridized carbons (Fsp3) is 0.562. The molecule has 0 bridgehead atoms. The Bertz CT molecular complexity index is 465. The van der Waals surface area contributed by atoms with Crippen LogP contribution in [0.15, 0.2) is 29.3 Å². The number of rotatable bonds is 5. The van der Waals surface area contributed by atoms with Crippen LogP contribution in [0.2, 0.25) is 0 Å². The molecule has 0 amide bonds. The summed E-state index contributed by atoms with van der Waals surface area (Å²) in [5.74, 6) is 1.07. The summed E-state index contributed by atoms with van der Waals surface area (Å²) in [5, 5.41) is 15.9. The van der Waals surface area contributed by atoms with Crippen LogP contribution in [0.4, 0.5) is 0 Å². The molecule has 1 aromatic carbocycles. The molecular weight excluding hydrogens is 266 g/mol. The molecule has 1 fully saturated rings. The highest BCUT2D eigenvalue weighted by Gasteiger charge is 2.29. The molecule has 0 radical (unpaired) electrons. The zero-order chi connectivity index (χ0) is 15.1. The van der Waals surface area contributed by atoms with Gasteiger partial charge in [-0.3, -0.25) is 0 Å². The molecule has 1 unspecified atom stereocenters. The lowest BCUT2D eigenvalue weighted by molar-refractivity contribution is 0.0243. The number of phenols is 1. The highest BCUT2D eigenvalue weighted by Crippen LogP contribution is 2.23. The average molecular weight is 291 g/mol. The van der Waals surface area contributed by atoms with E-state index >= 15 is 0 Å². The number of hydrogen-bond donors (Lipinski definition) is 3. The summed E-state index contributed by atoms with van der Waals surface area (Å²) in [5.41, 5.74) is 0.975. The number of nitrogens with one attached hydrogen (secondary N) is 2. The lowest BCUT2D eigenvalue weighted by atomic mass is 10.0. The van der Waals surface area contributed by atoms with Crippen LogP contribution < -0.4 is 10.6 Å². The van der Waals surface area contributed by atoms with Crippen molar-refractivity contribution in [1.82, 2.24) is 10.6 Å². The fourth-order valence-corrected chi connectivity index (χ4v) is 2.36. The number of guanidine groups is 1. The first kappa shape index (κ1) is 15.6. The molecule has 1 aliphatic rings. The molecule has 3 N–H and O–H groups in total. The number of nitrogens with zero attached hydrogens (tertiary/aromatic N) is 1. The number of aliphatic imine (C=N–C) groups is 1. The van der Waals surface area contributed by atoms with Gasteiger partial charge in [-0.25, -0.2) is 4.99 Å². The zero-order valence-corrected chi connectivity index (χ0v) is 12.9. The van der Waals surface area contributed by atoms with E-state index < -0.39 is 0 Å².